The molecule has 1 rings (SSSR count). The van der Waals surface area contributed by atoms with Crippen LogP contribution in [0, 0.1) is 0 Å². The van der Waals surface area contributed by atoms with Crippen LogP contribution in [0.2, 0.25) is 0 Å². The van der Waals surface area contributed by atoms with E-state index in [-0.39, 0.29) is 26.0 Å². The zero-order chi connectivity index (χ0) is 25.3. The Balaban J connectivity index is 2.68. The van der Waals surface area contributed by atoms with Crippen LogP contribution in [0.1, 0.15) is 90.9 Å². The van der Waals surface area contributed by atoms with Crippen molar-refractivity contribution in [2.24, 2.45) is 0 Å². The normalized spacial score (nSPS) is 22.1. The van der Waals surface area contributed by atoms with Crippen LogP contribution >= 0.6 is 0 Å². The number of unbranched alkanes of at least 4 members (excludes halogenated alkanes) is 8. The molecule has 0 aromatic rings. The third-order valence-electron chi connectivity index (χ3n) is 5.64. The number of esters is 3. The van der Waals surface area contributed by atoms with Gasteiger partial charge in [0.15, 0.2) is 18.5 Å². The van der Waals surface area contributed by atoms with Gasteiger partial charge >= 0.3 is 17.9 Å². The average molecular weight is 488 g/mol. The standard InChI is InChI=1S/C25H45NO8/c1-5-7-9-11-13-15-20(27)33-23-19(18-31-22(29)17-26(3)4)32-25(30)24(23)34-21(28)16-14-12-10-8-6-2/h19,23-25,30H,5-18H2,1-4H3/t19-,23+,24+,25-/m1/s1. The van der Waals surface area contributed by atoms with Gasteiger partial charge in [-0.05, 0) is 26.9 Å². The fourth-order valence-electron chi connectivity index (χ4n) is 3.76. The molecule has 4 atom stereocenters. The molecule has 0 amide bonds. The second-order valence-electron chi connectivity index (χ2n) is 9.22. The lowest BCUT2D eigenvalue weighted by atomic mass is 10.1. The minimum absolute atomic E-state index is 0.0773. The number of ether oxygens (including phenoxy) is 4. The van der Waals surface area contributed by atoms with E-state index in [1.807, 2.05) is 0 Å². The summed E-state index contributed by atoms with van der Waals surface area (Å²) >= 11 is 0. The lowest BCUT2D eigenvalue weighted by Gasteiger charge is -2.23. The van der Waals surface area contributed by atoms with Crippen molar-refractivity contribution in [2.75, 3.05) is 27.2 Å². The smallest absolute Gasteiger partial charge is 0.320 e. The summed E-state index contributed by atoms with van der Waals surface area (Å²) in [5, 5.41) is 10.4. The van der Waals surface area contributed by atoms with Crippen LogP contribution in [-0.2, 0) is 33.3 Å². The number of nitrogens with zero attached hydrogens (tertiary/aromatic N) is 1. The van der Waals surface area contributed by atoms with Gasteiger partial charge in [-0.25, -0.2) is 0 Å². The molecule has 0 spiro atoms. The van der Waals surface area contributed by atoms with E-state index in [4.69, 9.17) is 18.9 Å². The maximum absolute atomic E-state index is 12.5. The van der Waals surface area contributed by atoms with E-state index < -0.39 is 42.5 Å². The van der Waals surface area contributed by atoms with E-state index in [2.05, 4.69) is 13.8 Å². The summed E-state index contributed by atoms with van der Waals surface area (Å²) in [5.74, 6) is -1.41. The second kappa shape index (κ2) is 17.7. The van der Waals surface area contributed by atoms with Crippen molar-refractivity contribution in [3.05, 3.63) is 0 Å². The van der Waals surface area contributed by atoms with Gasteiger partial charge in [0.25, 0.3) is 0 Å². The molecule has 0 radical (unpaired) electrons. The molecule has 9 heteroatoms. The molecule has 1 heterocycles. The van der Waals surface area contributed by atoms with Crippen molar-refractivity contribution in [2.45, 2.75) is 115 Å². The Morgan fingerprint density at radius 2 is 1.26 bits per heavy atom. The summed E-state index contributed by atoms with van der Waals surface area (Å²) < 4.78 is 21.7. The van der Waals surface area contributed by atoms with Crippen molar-refractivity contribution in [3.8, 4) is 0 Å². The third-order valence-corrected chi connectivity index (χ3v) is 5.64. The SMILES string of the molecule is CCCCCCCC(=O)O[C@@H]1[C@H](OC(=O)CCCCCCC)[C@H](O)O[C@@H]1COC(=O)CN(C)C. The van der Waals surface area contributed by atoms with Gasteiger partial charge in [0.2, 0.25) is 0 Å². The quantitative estimate of drug-likeness (QED) is 0.177. The fourth-order valence-corrected chi connectivity index (χ4v) is 3.76. The Labute approximate surface area is 204 Å². The highest BCUT2D eigenvalue weighted by Gasteiger charge is 2.49. The molecular weight excluding hydrogens is 442 g/mol. The largest absolute Gasteiger partial charge is 0.462 e. The van der Waals surface area contributed by atoms with Gasteiger partial charge in [0, 0.05) is 12.8 Å². The molecule has 9 nitrogen and oxygen atoms in total. The Morgan fingerprint density at radius 3 is 1.76 bits per heavy atom. The Bertz CT molecular complexity index is 597. The number of aliphatic hydroxyl groups excluding tert-OH is 1. The third kappa shape index (κ3) is 12.7. The van der Waals surface area contributed by atoms with Gasteiger partial charge in [-0.1, -0.05) is 65.2 Å². The first-order chi connectivity index (χ1) is 16.3. The predicted octanol–water partition coefficient (Wildman–Crippen LogP) is 3.35. The van der Waals surface area contributed by atoms with E-state index in [1.165, 1.54) is 0 Å². The Kier molecular flexibility index (Phi) is 15.8. The number of carbonyl (C=O) groups excluding carboxylic acids is 3. The van der Waals surface area contributed by atoms with Crippen molar-refractivity contribution in [1.29, 1.82) is 0 Å². The van der Waals surface area contributed by atoms with Crippen LogP contribution in [-0.4, -0.2) is 79.8 Å². The maximum atomic E-state index is 12.5. The van der Waals surface area contributed by atoms with Crippen LogP contribution < -0.4 is 0 Å². The Morgan fingerprint density at radius 1 is 0.765 bits per heavy atom. The fraction of sp³-hybridized carbons (Fsp3) is 0.880. The zero-order valence-corrected chi connectivity index (χ0v) is 21.5. The molecule has 0 bridgehead atoms. The molecule has 1 fully saturated rings. The highest BCUT2D eigenvalue weighted by Crippen LogP contribution is 2.27. The van der Waals surface area contributed by atoms with Gasteiger partial charge in [-0.15, -0.1) is 0 Å². The van der Waals surface area contributed by atoms with E-state index in [9.17, 15) is 19.5 Å². The van der Waals surface area contributed by atoms with Crippen molar-refractivity contribution in [3.63, 3.8) is 0 Å². The molecule has 1 aliphatic heterocycles. The predicted molar refractivity (Wildman–Crippen MR) is 127 cm³/mol. The average Bonchev–Trinajstić information content (AvgIpc) is 3.05. The first kappa shape index (κ1) is 30.3. The number of likely N-dealkylation sites (N-methyl/N-ethyl adjacent to an activating group) is 1. The highest BCUT2D eigenvalue weighted by atomic mass is 16.7. The van der Waals surface area contributed by atoms with E-state index in [1.54, 1.807) is 19.0 Å². The first-order valence-corrected chi connectivity index (χ1v) is 12.8. The van der Waals surface area contributed by atoms with Gasteiger partial charge in [-0.2, -0.15) is 0 Å². The molecule has 198 valence electrons. The second-order valence-corrected chi connectivity index (χ2v) is 9.22. The molecular formula is C25H45NO8. The lowest BCUT2D eigenvalue weighted by molar-refractivity contribution is -0.177. The summed E-state index contributed by atoms with van der Waals surface area (Å²) in [6.45, 7) is 4.10. The van der Waals surface area contributed by atoms with Gasteiger partial charge in [0.05, 0.1) is 6.54 Å². The minimum atomic E-state index is -1.47. The lowest BCUT2D eigenvalue weighted by Crippen LogP contribution is -2.42. The summed E-state index contributed by atoms with van der Waals surface area (Å²) in [4.78, 5) is 38.4. The molecule has 0 unspecified atom stereocenters. The van der Waals surface area contributed by atoms with Crippen molar-refractivity contribution < 1.29 is 38.4 Å². The zero-order valence-electron chi connectivity index (χ0n) is 21.5. The number of aliphatic hydroxyl groups is 1. The molecule has 34 heavy (non-hydrogen) atoms. The Hall–Kier alpha value is -1.71. The molecule has 0 saturated carbocycles. The van der Waals surface area contributed by atoms with Gasteiger partial charge in [0.1, 0.15) is 12.7 Å². The van der Waals surface area contributed by atoms with Crippen molar-refractivity contribution >= 4 is 17.9 Å². The molecule has 1 saturated heterocycles. The van der Waals surface area contributed by atoms with Crippen LogP contribution in [0.15, 0.2) is 0 Å². The van der Waals surface area contributed by atoms with Gasteiger partial charge < -0.3 is 24.1 Å². The van der Waals surface area contributed by atoms with E-state index in [0.29, 0.717) is 12.8 Å². The molecule has 0 aromatic carbocycles. The van der Waals surface area contributed by atoms with Gasteiger partial charge in [-0.3, -0.25) is 19.3 Å². The minimum Gasteiger partial charge on any atom is -0.462 e. The highest BCUT2D eigenvalue weighted by molar-refractivity contribution is 5.72. The van der Waals surface area contributed by atoms with E-state index >= 15 is 0 Å². The number of rotatable bonds is 18. The van der Waals surface area contributed by atoms with Crippen LogP contribution in [0.5, 0.6) is 0 Å². The molecule has 1 aliphatic rings. The monoisotopic (exact) mass is 487 g/mol. The van der Waals surface area contributed by atoms with E-state index in [0.717, 1.165) is 51.4 Å². The molecule has 0 aliphatic carbocycles. The number of carbonyl (C=O) groups is 3. The summed E-state index contributed by atoms with van der Waals surface area (Å²) in [7, 11) is 3.47. The summed E-state index contributed by atoms with van der Waals surface area (Å²) in [6.07, 6.45) is 5.65. The summed E-state index contributed by atoms with van der Waals surface area (Å²) in [5.41, 5.74) is 0. The number of hydrogen-bond acceptors (Lipinski definition) is 9. The topological polar surface area (TPSA) is 112 Å². The van der Waals surface area contributed by atoms with Crippen LogP contribution in [0.3, 0.4) is 0 Å². The maximum Gasteiger partial charge on any atom is 0.320 e. The molecule has 0 aromatic heterocycles. The van der Waals surface area contributed by atoms with Crippen molar-refractivity contribution in [1.82, 2.24) is 4.90 Å². The first-order valence-electron chi connectivity index (χ1n) is 12.8. The van der Waals surface area contributed by atoms with Crippen LogP contribution in [0.4, 0.5) is 0 Å². The molecule has 1 N–H and O–H groups in total. The number of hydrogen-bond donors (Lipinski definition) is 1. The summed E-state index contributed by atoms with van der Waals surface area (Å²) in [6, 6.07) is 0. The van der Waals surface area contributed by atoms with Crippen LogP contribution in [0.25, 0.3) is 0 Å².